The van der Waals surface area contributed by atoms with Gasteiger partial charge in [0.2, 0.25) is 0 Å². The molecule has 1 heterocycles. The van der Waals surface area contributed by atoms with Gasteiger partial charge in [0, 0.05) is 25.3 Å². The molecule has 0 bridgehead atoms. The van der Waals surface area contributed by atoms with Gasteiger partial charge in [-0.3, -0.25) is 0 Å². The second-order valence-electron chi connectivity index (χ2n) is 6.91. The second-order valence-corrected chi connectivity index (χ2v) is 6.91. The average molecular weight is 316 g/mol. The molecule has 1 fully saturated rings. The van der Waals surface area contributed by atoms with E-state index in [-0.39, 0.29) is 6.09 Å². The predicted octanol–water partition coefficient (Wildman–Crippen LogP) is 4.21. The first-order valence-electron chi connectivity index (χ1n) is 8.42. The maximum Gasteiger partial charge on any atom is 0.407 e. The first-order valence-corrected chi connectivity index (χ1v) is 8.42. The molecule has 1 amide bonds. The lowest BCUT2D eigenvalue weighted by Gasteiger charge is -2.19. The Morgan fingerprint density at radius 1 is 1.30 bits per heavy atom. The monoisotopic (exact) mass is 316 g/mol. The van der Waals surface area contributed by atoms with Crippen LogP contribution in [0.4, 0.5) is 10.5 Å². The van der Waals surface area contributed by atoms with E-state index in [2.05, 4.69) is 46.6 Å². The average Bonchev–Trinajstić information content (AvgIpc) is 2.99. The molecule has 2 rings (SSSR count). The van der Waals surface area contributed by atoms with Crippen molar-refractivity contribution in [2.24, 2.45) is 0 Å². The van der Waals surface area contributed by atoms with Crippen LogP contribution >= 0.6 is 0 Å². The van der Waals surface area contributed by atoms with Gasteiger partial charge in [0.1, 0.15) is 5.60 Å². The molecule has 1 aromatic rings. The standard InChI is InChI=1S/C19H28N2O2/c1-19(2,3)23-18(22)20-12-5-4-9-16-10-8-11-17(15-16)21-13-6-7-14-21/h4,8-11,15H,5-7,12-14H2,1-3H3,(H,20,22). The van der Waals surface area contributed by atoms with E-state index in [4.69, 9.17) is 4.74 Å². The summed E-state index contributed by atoms with van der Waals surface area (Å²) in [5.74, 6) is 0. The maximum atomic E-state index is 11.5. The van der Waals surface area contributed by atoms with Gasteiger partial charge in [-0.2, -0.15) is 0 Å². The van der Waals surface area contributed by atoms with Crippen LogP contribution in [0.25, 0.3) is 6.08 Å². The van der Waals surface area contributed by atoms with E-state index in [9.17, 15) is 4.79 Å². The third kappa shape index (κ3) is 6.35. The molecule has 1 N–H and O–H groups in total. The van der Waals surface area contributed by atoms with Gasteiger partial charge in [0.05, 0.1) is 0 Å². The summed E-state index contributed by atoms with van der Waals surface area (Å²) in [7, 11) is 0. The van der Waals surface area contributed by atoms with Gasteiger partial charge in [-0.15, -0.1) is 0 Å². The number of alkyl carbamates (subject to hydrolysis) is 1. The number of amides is 1. The van der Waals surface area contributed by atoms with Gasteiger partial charge in [0.15, 0.2) is 0 Å². The molecule has 0 saturated carbocycles. The van der Waals surface area contributed by atoms with Crippen molar-refractivity contribution in [3.63, 3.8) is 0 Å². The van der Waals surface area contributed by atoms with E-state index in [1.54, 1.807) is 0 Å². The van der Waals surface area contributed by atoms with Crippen LogP contribution in [-0.4, -0.2) is 31.3 Å². The summed E-state index contributed by atoms with van der Waals surface area (Å²) in [6.07, 6.45) is 7.19. The molecule has 4 heteroatoms. The SMILES string of the molecule is CC(C)(C)OC(=O)NCCC=Cc1cccc(N2CCCC2)c1. The summed E-state index contributed by atoms with van der Waals surface area (Å²) in [5.41, 5.74) is 2.05. The highest BCUT2D eigenvalue weighted by Gasteiger charge is 2.15. The molecule has 126 valence electrons. The Kier molecular flexibility index (Phi) is 6.08. The Morgan fingerprint density at radius 3 is 2.74 bits per heavy atom. The van der Waals surface area contributed by atoms with Crippen molar-refractivity contribution >= 4 is 17.9 Å². The first-order chi connectivity index (χ1) is 10.9. The zero-order chi connectivity index (χ0) is 16.7. The number of benzene rings is 1. The number of hydrogen-bond acceptors (Lipinski definition) is 3. The molecule has 1 aliphatic heterocycles. The highest BCUT2D eigenvalue weighted by molar-refractivity contribution is 5.67. The fraction of sp³-hybridized carbons (Fsp3) is 0.526. The maximum absolute atomic E-state index is 11.5. The van der Waals surface area contributed by atoms with Crippen molar-refractivity contribution in [3.8, 4) is 0 Å². The van der Waals surface area contributed by atoms with Crippen LogP contribution in [0.15, 0.2) is 30.3 Å². The molecule has 4 nitrogen and oxygen atoms in total. The van der Waals surface area contributed by atoms with Gasteiger partial charge in [-0.05, 0) is 57.7 Å². The Balaban J connectivity index is 1.75. The minimum atomic E-state index is -0.448. The minimum Gasteiger partial charge on any atom is -0.444 e. The third-order valence-electron chi connectivity index (χ3n) is 3.63. The van der Waals surface area contributed by atoms with Crippen molar-refractivity contribution < 1.29 is 9.53 Å². The topological polar surface area (TPSA) is 41.6 Å². The van der Waals surface area contributed by atoms with Crippen LogP contribution in [0.5, 0.6) is 0 Å². The van der Waals surface area contributed by atoms with Crippen LogP contribution in [0.3, 0.4) is 0 Å². The highest BCUT2D eigenvalue weighted by Crippen LogP contribution is 2.21. The smallest absolute Gasteiger partial charge is 0.407 e. The van der Waals surface area contributed by atoms with Crippen molar-refractivity contribution in [1.82, 2.24) is 5.32 Å². The summed E-state index contributed by atoms with van der Waals surface area (Å²) in [6, 6.07) is 8.61. The number of carbonyl (C=O) groups is 1. The van der Waals surface area contributed by atoms with Crippen molar-refractivity contribution in [2.75, 3.05) is 24.5 Å². The lowest BCUT2D eigenvalue weighted by atomic mass is 10.1. The summed E-state index contributed by atoms with van der Waals surface area (Å²) in [5, 5.41) is 2.76. The van der Waals surface area contributed by atoms with Gasteiger partial charge in [-0.25, -0.2) is 4.79 Å². The Hall–Kier alpha value is -1.97. The first kappa shape index (κ1) is 17.4. The molecule has 23 heavy (non-hydrogen) atoms. The lowest BCUT2D eigenvalue weighted by molar-refractivity contribution is 0.0529. The van der Waals surface area contributed by atoms with Gasteiger partial charge < -0.3 is 15.0 Å². The molecular weight excluding hydrogens is 288 g/mol. The quantitative estimate of drug-likeness (QED) is 0.827. The zero-order valence-corrected chi connectivity index (χ0v) is 14.5. The van der Waals surface area contributed by atoms with E-state index in [1.807, 2.05) is 20.8 Å². The van der Waals surface area contributed by atoms with Gasteiger partial charge >= 0.3 is 6.09 Å². The lowest BCUT2D eigenvalue weighted by Crippen LogP contribution is -2.32. The van der Waals surface area contributed by atoms with Crippen molar-refractivity contribution in [3.05, 3.63) is 35.9 Å². The largest absolute Gasteiger partial charge is 0.444 e. The van der Waals surface area contributed by atoms with Crippen LogP contribution < -0.4 is 10.2 Å². The van der Waals surface area contributed by atoms with Crippen LogP contribution in [0.1, 0.15) is 45.6 Å². The molecular formula is C19H28N2O2. The Morgan fingerprint density at radius 2 is 2.04 bits per heavy atom. The van der Waals surface area contributed by atoms with E-state index in [0.717, 1.165) is 19.5 Å². The number of carbonyl (C=O) groups excluding carboxylic acids is 1. The normalized spacial score (nSPS) is 15.2. The molecule has 0 spiro atoms. The van der Waals surface area contributed by atoms with Crippen LogP contribution in [0.2, 0.25) is 0 Å². The fourth-order valence-corrected chi connectivity index (χ4v) is 2.59. The fourth-order valence-electron chi connectivity index (χ4n) is 2.59. The van der Waals surface area contributed by atoms with Crippen LogP contribution in [-0.2, 0) is 4.74 Å². The van der Waals surface area contributed by atoms with E-state index < -0.39 is 5.60 Å². The number of anilines is 1. The highest BCUT2D eigenvalue weighted by atomic mass is 16.6. The summed E-state index contributed by atoms with van der Waals surface area (Å²) >= 11 is 0. The molecule has 0 aliphatic carbocycles. The Bertz CT molecular complexity index is 541. The zero-order valence-electron chi connectivity index (χ0n) is 14.5. The third-order valence-corrected chi connectivity index (χ3v) is 3.63. The van der Waals surface area contributed by atoms with E-state index in [1.165, 1.54) is 24.1 Å². The minimum absolute atomic E-state index is 0.359. The predicted molar refractivity (Wildman–Crippen MR) is 95.8 cm³/mol. The molecule has 0 unspecified atom stereocenters. The van der Waals surface area contributed by atoms with Gasteiger partial charge in [0.25, 0.3) is 0 Å². The number of nitrogens with one attached hydrogen (secondary N) is 1. The summed E-state index contributed by atoms with van der Waals surface area (Å²) in [6.45, 7) is 8.48. The molecule has 0 aromatic heterocycles. The van der Waals surface area contributed by atoms with Gasteiger partial charge in [-0.1, -0.05) is 24.3 Å². The van der Waals surface area contributed by atoms with E-state index in [0.29, 0.717) is 6.54 Å². The second kappa shape index (κ2) is 8.04. The Labute approximate surface area is 139 Å². The van der Waals surface area contributed by atoms with E-state index >= 15 is 0 Å². The van der Waals surface area contributed by atoms with Crippen LogP contribution in [0, 0.1) is 0 Å². The molecule has 1 saturated heterocycles. The number of nitrogens with zero attached hydrogens (tertiary/aromatic N) is 1. The molecule has 1 aliphatic rings. The molecule has 0 atom stereocenters. The van der Waals surface area contributed by atoms with Crippen molar-refractivity contribution in [2.45, 2.75) is 45.6 Å². The molecule has 0 radical (unpaired) electrons. The number of rotatable bonds is 5. The summed E-state index contributed by atoms with van der Waals surface area (Å²) < 4.78 is 5.20. The number of hydrogen-bond donors (Lipinski definition) is 1. The summed E-state index contributed by atoms with van der Waals surface area (Å²) in [4.78, 5) is 14.0. The number of ether oxygens (including phenoxy) is 1. The molecule has 1 aromatic carbocycles. The van der Waals surface area contributed by atoms with Crippen molar-refractivity contribution in [1.29, 1.82) is 0 Å².